The summed E-state index contributed by atoms with van der Waals surface area (Å²) in [6, 6.07) is 10.2. The van der Waals surface area contributed by atoms with Gasteiger partial charge in [-0.25, -0.2) is 0 Å². The first kappa shape index (κ1) is 11.2. The van der Waals surface area contributed by atoms with Crippen molar-refractivity contribution in [3.63, 3.8) is 0 Å². The van der Waals surface area contributed by atoms with Crippen LogP contribution in [0.1, 0.15) is 5.76 Å². The van der Waals surface area contributed by atoms with Crippen LogP contribution >= 0.6 is 15.9 Å². The summed E-state index contributed by atoms with van der Waals surface area (Å²) in [7, 11) is 4.04. The molecule has 0 bridgehead atoms. The number of anilines is 1. The minimum atomic E-state index is 0.690. The van der Waals surface area contributed by atoms with Crippen molar-refractivity contribution >= 4 is 21.6 Å². The Morgan fingerprint density at radius 1 is 1.25 bits per heavy atom. The molecule has 0 saturated carbocycles. The first-order chi connectivity index (χ1) is 7.70. The smallest absolute Gasteiger partial charge is 0.147 e. The van der Waals surface area contributed by atoms with Crippen LogP contribution in [0.2, 0.25) is 0 Å². The maximum absolute atomic E-state index is 5.14. The van der Waals surface area contributed by atoms with E-state index in [9.17, 15) is 0 Å². The lowest BCUT2D eigenvalue weighted by Crippen LogP contribution is -2.07. The molecule has 0 spiro atoms. The Bertz CT molecular complexity index is 462. The number of rotatable bonds is 3. The van der Waals surface area contributed by atoms with Crippen molar-refractivity contribution in [1.29, 1.82) is 0 Å². The van der Waals surface area contributed by atoms with Gasteiger partial charge in [-0.3, -0.25) is 0 Å². The Morgan fingerprint density at radius 3 is 2.44 bits per heavy atom. The molecule has 0 saturated heterocycles. The first-order valence-corrected chi connectivity index (χ1v) is 6.12. The van der Waals surface area contributed by atoms with Gasteiger partial charge >= 0.3 is 0 Å². The Morgan fingerprint density at radius 2 is 1.94 bits per heavy atom. The molecule has 0 amide bonds. The van der Waals surface area contributed by atoms with Gasteiger partial charge in [0.15, 0.2) is 0 Å². The van der Waals surface area contributed by atoms with Crippen molar-refractivity contribution in [2.75, 3.05) is 19.0 Å². The molecule has 1 aromatic carbocycles. The van der Waals surface area contributed by atoms with Gasteiger partial charge in [0.25, 0.3) is 0 Å². The molecule has 2 aromatic rings. The van der Waals surface area contributed by atoms with E-state index >= 15 is 0 Å². The lowest BCUT2D eigenvalue weighted by Gasteiger charge is -2.11. The third kappa shape index (κ3) is 2.27. The van der Waals surface area contributed by atoms with E-state index in [0.29, 0.717) is 5.33 Å². The number of alkyl halides is 1. The van der Waals surface area contributed by atoms with Crippen LogP contribution in [-0.4, -0.2) is 19.3 Å². The predicted molar refractivity (Wildman–Crippen MR) is 68.9 cm³/mol. The van der Waals surface area contributed by atoms with Crippen LogP contribution in [0.25, 0.3) is 11.3 Å². The molecule has 84 valence electrons. The quantitative estimate of drug-likeness (QED) is 0.808. The highest BCUT2D eigenvalue weighted by molar-refractivity contribution is 9.08. The summed E-state index contributed by atoms with van der Waals surface area (Å²) >= 11 is 3.33. The SMILES string of the molecule is CN(C)c1ccc(-c2cc(CBr)on2)cc1. The highest BCUT2D eigenvalue weighted by Crippen LogP contribution is 2.22. The maximum Gasteiger partial charge on any atom is 0.147 e. The zero-order chi connectivity index (χ0) is 11.5. The van der Waals surface area contributed by atoms with E-state index in [0.717, 1.165) is 17.0 Å². The van der Waals surface area contributed by atoms with E-state index in [4.69, 9.17) is 4.52 Å². The summed E-state index contributed by atoms with van der Waals surface area (Å²) in [5.41, 5.74) is 3.12. The fraction of sp³-hybridized carbons (Fsp3) is 0.250. The summed E-state index contributed by atoms with van der Waals surface area (Å²) in [6.07, 6.45) is 0. The number of halogens is 1. The monoisotopic (exact) mass is 280 g/mol. The zero-order valence-corrected chi connectivity index (χ0v) is 10.9. The molecule has 0 radical (unpaired) electrons. The standard InChI is InChI=1S/C12H13BrN2O/c1-15(2)10-5-3-9(4-6-10)12-7-11(8-13)16-14-12/h3-7H,8H2,1-2H3. The fourth-order valence-corrected chi connectivity index (χ4v) is 1.71. The summed E-state index contributed by atoms with van der Waals surface area (Å²) in [6.45, 7) is 0. The molecule has 0 unspecified atom stereocenters. The normalized spacial score (nSPS) is 10.4. The van der Waals surface area contributed by atoms with Crippen molar-refractivity contribution in [3.8, 4) is 11.3 Å². The number of benzene rings is 1. The van der Waals surface area contributed by atoms with Crippen LogP contribution in [0.5, 0.6) is 0 Å². The van der Waals surface area contributed by atoms with Gasteiger partial charge in [-0.2, -0.15) is 0 Å². The summed E-state index contributed by atoms with van der Waals surface area (Å²) in [5.74, 6) is 0.840. The molecule has 0 aliphatic heterocycles. The second kappa shape index (κ2) is 4.70. The van der Waals surface area contributed by atoms with Crippen molar-refractivity contribution in [3.05, 3.63) is 36.1 Å². The molecule has 0 N–H and O–H groups in total. The molecule has 4 heteroatoms. The molecule has 16 heavy (non-hydrogen) atoms. The van der Waals surface area contributed by atoms with Crippen molar-refractivity contribution < 1.29 is 4.52 Å². The van der Waals surface area contributed by atoms with Crippen molar-refractivity contribution in [2.45, 2.75) is 5.33 Å². The number of hydrogen-bond acceptors (Lipinski definition) is 3. The van der Waals surface area contributed by atoms with Gasteiger partial charge in [0.1, 0.15) is 11.5 Å². The van der Waals surface area contributed by atoms with E-state index in [1.165, 1.54) is 5.69 Å². The van der Waals surface area contributed by atoms with Crippen LogP contribution in [0.3, 0.4) is 0 Å². The third-order valence-corrected chi connectivity index (χ3v) is 2.92. The second-order valence-electron chi connectivity index (χ2n) is 3.75. The lowest BCUT2D eigenvalue weighted by molar-refractivity contribution is 0.398. The zero-order valence-electron chi connectivity index (χ0n) is 9.27. The molecular formula is C12H13BrN2O. The van der Waals surface area contributed by atoms with Gasteiger partial charge in [-0.05, 0) is 12.1 Å². The average molecular weight is 281 g/mol. The Kier molecular flexibility index (Phi) is 3.29. The highest BCUT2D eigenvalue weighted by atomic mass is 79.9. The summed E-state index contributed by atoms with van der Waals surface area (Å²) < 4.78 is 5.14. The highest BCUT2D eigenvalue weighted by Gasteiger charge is 2.05. The van der Waals surface area contributed by atoms with Crippen molar-refractivity contribution in [2.24, 2.45) is 0 Å². The van der Waals surface area contributed by atoms with Crippen LogP contribution in [0, 0.1) is 0 Å². The van der Waals surface area contributed by atoms with Gasteiger partial charge in [0.05, 0.1) is 5.33 Å². The Balaban J connectivity index is 2.27. The molecule has 0 aliphatic carbocycles. The van der Waals surface area contributed by atoms with Gasteiger partial charge in [-0.1, -0.05) is 33.2 Å². The van der Waals surface area contributed by atoms with Crippen LogP contribution in [-0.2, 0) is 5.33 Å². The molecule has 1 aromatic heterocycles. The van der Waals surface area contributed by atoms with Crippen LogP contribution in [0.4, 0.5) is 5.69 Å². The molecule has 0 aliphatic rings. The van der Waals surface area contributed by atoms with Gasteiger partial charge < -0.3 is 9.42 Å². The third-order valence-electron chi connectivity index (χ3n) is 2.37. The Hall–Kier alpha value is -1.29. The van der Waals surface area contributed by atoms with E-state index in [1.807, 2.05) is 32.3 Å². The molecule has 2 rings (SSSR count). The minimum absolute atomic E-state index is 0.690. The van der Waals surface area contributed by atoms with Gasteiger partial charge in [0.2, 0.25) is 0 Å². The Labute approximate surface area is 103 Å². The van der Waals surface area contributed by atoms with Crippen molar-refractivity contribution in [1.82, 2.24) is 5.16 Å². The summed E-state index contributed by atoms with van der Waals surface area (Å²) in [5, 5.41) is 4.70. The minimum Gasteiger partial charge on any atom is -0.378 e. The van der Waals surface area contributed by atoms with Gasteiger partial charge in [0, 0.05) is 31.4 Å². The van der Waals surface area contributed by atoms with Gasteiger partial charge in [-0.15, -0.1) is 0 Å². The molecule has 0 atom stereocenters. The van der Waals surface area contributed by atoms with E-state index in [2.05, 4.69) is 38.1 Å². The number of hydrogen-bond donors (Lipinski definition) is 0. The molecular weight excluding hydrogens is 268 g/mol. The second-order valence-corrected chi connectivity index (χ2v) is 4.31. The van der Waals surface area contributed by atoms with E-state index < -0.39 is 0 Å². The molecule has 3 nitrogen and oxygen atoms in total. The van der Waals surface area contributed by atoms with E-state index in [-0.39, 0.29) is 0 Å². The average Bonchev–Trinajstić information content (AvgIpc) is 2.77. The fourth-order valence-electron chi connectivity index (χ4n) is 1.44. The van der Waals surface area contributed by atoms with E-state index in [1.54, 1.807) is 0 Å². The molecule has 0 fully saturated rings. The number of aromatic nitrogens is 1. The maximum atomic E-state index is 5.14. The topological polar surface area (TPSA) is 29.3 Å². The van der Waals surface area contributed by atoms with Crippen LogP contribution < -0.4 is 4.90 Å². The predicted octanol–water partition coefficient (Wildman–Crippen LogP) is 3.30. The number of nitrogens with zero attached hydrogens (tertiary/aromatic N) is 2. The molecule has 1 heterocycles. The lowest BCUT2D eigenvalue weighted by atomic mass is 10.1. The largest absolute Gasteiger partial charge is 0.378 e. The van der Waals surface area contributed by atoms with Crippen LogP contribution in [0.15, 0.2) is 34.9 Å². The summed E-state index contributed by atoms with van der Waals surface area (Å²) in [4.78, 5) is 2.07. The first-order valence-electron chi connectivity index (χ1n) is 5.00.